The van der Waals surface area contributed by atoms with Gasteiger partial charge < -0.3 is 15.8 Å². The first-order valence-electron chi connectivity index (χ1n) is 5.34. The Morgan fingerprint density at radius 1 is 1.50 bits per heavy atom. The normalized spacial score (nSPS) is 11.9. The highest BCUT2D eigenvalue weighted by molar-refractivity contribution is 5.76. The molecule has 88 valence electrons. The molecule has 0 aliphatic rings. The highest BCUT2D eigenvalue weighted by Crippen LogP contribution is 2.24. The number of benzene rings is 1. The Hall–Kier alpha value is -1.55. The summed E-state index contributed by atoms with van der Waals surface area (Å²) in [6.07, 6.45) is 0.272. The van der Waals surface area contributed by atoms with Crippen molar-refractivity contribution in [3.05, 3.63) is 29.8 Å². The summed E-state index contributed by atoms with van der Waals surface area (Å²) in [7, 11) is 1.59. The molecule has 1 rings (SSSR count). The second-order valence-electron chi connectivity index (χ2n) is 3.51. The van der Waals surface area contributed by atoms with E-state index >= 15 is 0 Å². The molecule has 1 unspecified atom stereocenters. The van der Waals surface area contributed by atoms with Crippen LogP contribution >= 0.6 is 0 Å². The van der Waals surface area contributed by atoms with Crippen LogP contribution in [-0.2, 0) is 4.79 Å². The van der Waals surface area contributed by atoms with Crippen molar-refractivity contribution in [2.75, 3.05) is 13.7 Å². The lowest BCUT2D eigenvalue weighted by Gasteiger charge is -2.14. The smallest absolute Gasteiger partial charge is 0.221 e. The molecule has 0 radical (unpaired) electrons. The number of hydrogen-bond acceptors (Lipinski definition) is 3. The molecule has 0 aromatic heterocycles. The number of ether oxygens (including phenoxy) is 1. The van der Waals surface area contributed by atoms with Crippen molar-refractivity contribution < 1.29 is 9.53 Å². The number of amides is 1. The minimum Gasteiger partial charge on any atom is -0.496 e. The predicted molar refractivity (Wildman–Crippen MR) is 63.2 cm³/mol. The number of hydrogen-bond donors (Lipinski definition) is 2. The average Bonchev–Trinajstić information content (AvgIpc) is 2.29. The van der Waals surface area contributed by atoms with Gasteiger partial charge in [-0.2, -0.15) is 0 Å². The molecule has 0 aliphatic carbocycles. The summed E-state index contributed by atoms with van der Waals surface area (Å²) >= 11 is 0. The summed E-state index contributed by atoms with van der Waals surface area (Å²) in [5.74, 6) is 0.681. The number of nitrogens with one attached hydrogen (secondary N) is 1. The molecule has 1 amide bonds. The fraction of sp³-hybridized carbons (Fsp3) is 0.417. The van der Waals surface area contributed by atoms with E-state index in [1.165, 1.54) is 0 Å². The van der Waals surface area contributed by atoms with Crippen LogP contribution in [0.4, 0.5) is 0 Å². The second kappa shape index (κ2) is 6.12. The zero-order valence-electron chi connectivity index (χ0n) is 9.69. The molecule has 1 atom stereocenters. The van der Waals surface area contributed by atoms with E-state index in [4.69, 9.17) is 10.5 Å². The summed E-state index contributed by atoms with van der Waals surface area (Å²) in [4.78, 5) is 11.4. The van der Waals surface area contributed by atoms with Crippen molar-refractivity contribution in [3.8, 4) is 5.75 Å². The number of carbonyl (C=O) groups excluding carboxylic acids is 1. The van der Waals surface area contributed by atoms with Crippen LogP contribution in [0.5, 0.6) is 5.75 Å². The van der Waals surface area contributed by atoms with Crippen LogP contribution in [0.15, 0.2) is 24.3 Å². The van der Waals surface area contributed by atoms with Crippen LogP contribution in [-0.4, -0.2) is 19.6 Å². The fourth-order valence-electron chi connectivity index (χ4n) is 1.55. The van der Waals surface area contributed by atoms with E-state index in [1.54, 1.807) is 7.11 Å². The molecule has 0 saturated carbocycles. The molecule has 1 aromatic rings. The van der Waals surface area contributed by atoms with Gasteiger partial charge in [-0.1, -0.05) is 18.2 Å². The molecule has 4 nitrogen and oxygen atoms in total. The van der Waals surface area contributed by atoms with Gasteiger partial charge >= 0.3 is 0 Å². The molecule has 0 spiro atoms. The molecule has 0 heterocycles. The quantitative estimate of drug-likeness (QED) is 0.787. The molecule has 0 saturated heterocycles. The lowest BCUT2D eigenvalue weighted by Crippen LogP contribution is -2.27. The van der Waals surface area contributed by atoms with E-state index in [0.29, 0.717) is 6.54 Å². The Balaban J connectivity index is 2.72. The minimum absolute atomic E-state index is 0.0408. The summed E-state index contributed by atoms with van der Waals surface area (Å²) < 4.78 is 5.20. The highest BCUT2D eigenvalue weighted by Gasteiger charge is 2.14. The van der Waals surface area contributed by atoms with E-state index < -0.39 is 0 Å². The highest BCUT2D eigenvalue weighted by atomic mass is 16.5. The third-order valence-corrected chi connectivity index (χ3v) is 2.32. The largest absolute Gasteiger partial charge is 0.496 e. The minimum atomic E-state index is -0.331. The molecular formula is C12H18N2O2. The molecule has 4 heteroatoms. The lowest BCUT2D eigenvalue weighted by molar-refractivity contribution is -0.121. The van der Waals surface area contributed by atoms with Gasteiger partial charge in [-0.05, 0) is 13.0 Å². The Morgan fingerprint density at radius 2 is 2.19 bits per heavy atom. The molecule has 3 N–H and O–H groups in total. The first-order chi connectivity index (χ1) is 7.69. The Bertz CT molecular complexity index is 353. The van der Waals surface area contributed by atoms with Gasteiger partial charge in [0, 0.05) is 24.6 Å². The summed E-state index contributed by atoms with van der Waals surface area (Å²) in [5.41, 5.74) is 6.82. The van der Waals surface area contributed by atoms with Gasteiger partial charge in [0.15, 0.2) is 0 Å². The van der Waals surface area contributed by atoms with Gasteiger partial charge in [0.25, 0.3) is 0 Å². The zero-order valence-corrected chi connectivity index (χ0v) is 9.69. The number of para-hydroxylation sites is 1. The van der Waals surface area contributed by atoms with E-state index in [-0.39, 0.29) is 18.4 Å². The van der Waals surface area contributed by atoms with Crippen LogP contribution in [0.1, 0.15) is 24.9 Å². The number of carbonyl (C=O) groups is 1. The maximum atomic E-state index is 11.4. The van der Waals surface area contributed by atoms with Crippen molar-refractivity contribution in [2.24, 2.45) is 5.73 Å². The Labute approximate surface area is 95.8 Å². The van der Waals surface area contributed by atoms with Crippen LogP contribution in [0.2, 0.25) is 0 Å². The molecule has 16 heavy (non-hydrogen) atoms. The molecule has 1 aromatic carbocycles. The van der Waals surface area contributed by atoms with E-state index in [9.17, 15) is 4.79 Å². The third-order valence-electron chi connectivity index (χ3n) is 2.32. The molecule has 0 bridgehead atoms. The van der Waals surface area contributed by atoms with Crippen LogP contribution in [0.3, 0.4) is 0 Å². The summed E-state index contributed by atoms with van der Waals surface area (Å²) in [5, 5.41) is 2.72. The van der Waals surface area contributed by atoms with Crippen LogP contribution < -0.4 is 15.8 Å². The first kappa shape index (κ1) is 12.5. The van der Waals surface area contributed by atoms with Crippen molar-refractivity contribution in [1.82, 2.24) is 5.32 Å². The maximum absolute atomic E-state index is 11.4. The van der Waals surface area contributed by atoms with Crippen molar-refractivity contribution in [3.63, 3.8) is 0 Å². The van der Waals surface area contributed by atoms with Crippen molar-refractivity contribution in [2.45, 2.75) is 19.4 Å². The van der Waals surface area contributed by atoms with Crippen molar-refractivity contribution in [1.29, 1.82) is 0 Å². The van der Waals surface area contributed by atoms with Gasteiger partial charge in [-0.3, -0.25) is 4.79 Å². The first-order valence-corrected chi connectivity index (χ1v) is 5.34. The molecule has 0 aliphatic heterocycles. The number of methoxy groups -OCH3 is 1. The monoisotopic (exact) mass is 222 g/mol. The SMILES string of the molecule is CCNC(=O)CC(N)c1ccccc1OC. The third kappa shape index (κ3) is 3.24. The predicted octanol–water partition coefficient (Wildman–Crippen LogP) is 1.22. The summed E-state index contributed by atoms with van der Waals surface area (Å²) in [6, 6.07) is 7.15. The standard InChI is InChI=1S/C12H18N2O2/c1-3-14-12(15)8-10(13)9-6-4-5-7-11(9)16-2/h4-7,10H,3,8,13H2,1-2H3,(H,14,15). The summed E-state index contributed by atoms with van der Waals surface area (Å²) in [6.45, 7) is 2.50. The lowest BCUT2D eigenvalue weighted by atomic mass is 10.0. The fourth-order valence-corrected chi connectivity index (χ4v) is 1.55. The number of rotatable bonds is 5. The average molecular weight is 222 g/mol. The van der Waals surface area contributed by atoms with E-state index in [2.05, 4.69) is 5.32 Å². The van der Waals surface area contributed by atoms with Crippen molar-refractivity contribution >= 4 is 5.91 Å². The van der Waals surface area contributed by atoms with Gasteiger partial charge in [0.05, 0.1) is 7.11 Å². The maximum Gasteiger partial charge on any atom is 0.221 e. The Morgan fingerprint density at radius 3 is 2.81 bits per heavy atom. The Kier molecular flexibility index (Phi) is 4.79. The second-order valence-corrected chi connectivity index (χ2v) is 3.51. The number of nitrogens with two attached hydrogens (primary N) is 1. The molecule has 0 fully saturated rings. The van der Waals surface area contributed by atoms with Gasteiger partial charge in [-0.15, -0.1) is 0 Å². The van der Waals surface area contributed by atoms with Crippen LogP contribution in [0, 0.1) is 0 Å². The zero-order chi connectivity index (χ0) is 12.0. The van der Waals surface area contributed by atoms with E-state index in [1.807, 2.05) is 31.2 Å². The van der Waals surface area contributed by atoms with Gasteiger partial charge in [0.2, 0.25) is 5.91 Å². The van der Waals surface area contributed by atoms with Gasteiger partial charge in [0.1, 0.15) is 5.75 Å². The topological polar surface area (TPSA) is 64.4 Å². The van der Waals surface area contributed by atoms with Gasteiger partial charge in [-0.25, -0.2) is 0 Å². The molecular weight excluding hydrogens is 204 g/mol. The van der Waals surface area contributed by atoms with Crippen LogP contribution in [0.25, 0.3) is 0 Å². The van der Waals surface area contributed by atoms with E-state index in [0.717, 1.165) is 11.3 Å².